The van der Waals surface area contributed by atoms with E-state index in [-0.39, 0.29) is 17.6 Å². The highest BCUT2D eigenvalue weighted by atomic mass is 35.5. The molecule has 3 rings (SSSR count). The molecule has 0 aromatic heterocycles. The number of para-hydroxylation sites is 1. The topological polar surface area (TPSA) is 66.5 Å². The Morgan fingerprint density at radius 2 is 1.83 bits per heavy atom. The molecule has 2 aromatic carbocycles. The summed E-state index contributed by atoms with van der Waals surface area (Å²) < 4.78 is 27.1. The molecule has 1 fully saturated rings. The minimum Gasteiger partial charge on any atom is -0.325 e. The maximum atomic E-state index is 12.9. The van der Waals surface area contributed by atoms with E-state index in [1.807, 2.05) is 25.1 Å². The second-order valence-corrected chi connectivity index (χ2v) is 10.6. The van der Waals surface area contributed by atoms with Gasteiger partial charge in [0.2, 0.25) is 15.9 Å². The molecule has 2 aromatic rings. The van der Waals surface area contributed by atoms with Crippen molar-refractivity contribution in [2.45, 2.75) is 45.3 Å². The van der Waals surface area contributed by atoms with Crippen LogP contribution in [0.15, 0.2) is 42.5 Å². The number of hydrogen-bond acceptors (Lipinski definition) is 3. The van der Waals surface area contributed by atoms with Gasteiger partial charge in [-0.1, -0.05) is 55.8 Å². The van der Waals surface area contributed by atoms with E-state index < -0.39 is 10.0 Å². The minimum atomic E-state index is -3.44. The van der Waals surface area contributed by atoms with Gasteiger partial charge in [-0.25, -0.2) is 12.7 Å². The lowest BCUT2D eigenvalue weighted by atomic mass is 9.95. The van der Waals surface area contributed by atoms with Crippen LogP contribution in [0.5, 0.6) is 0 Å². The van der Waals surface area contributed by atoms with E-state index in [9.17, 15) is 13.2 Å². The van der Waals surface area contributed by atoms with Crippen LogP contribution in [-0.4, -0.2) is 31.7 Å². The maximum absolute atomic E-state index is 12.9. The number of piperidine rings is 1. The first-order chi connectivity index (χ1) is 14.2. The first-order valence-electron chi connectivity index (χ1n) is 10.3. The van der Waals surface area contributed by atoms with Gasteiger partial charge in [-0.15, -0.1) is 0 Å². The number of hydrogen-bond donors (Lipinski definition) is 1. The lowest BCUT2D eigenvalue weighted by molar-refractivity contribution is -0.120. The predicted molar refractivity (Wildman–Crippen MR) is 122 cm³/mol. The highest BCUT2D eigenvalue weighted by molar-refractivity contribution is 7.88. The average molecular weight is 449 g/mol. The standard InChI is InChI=1S/C23H29ClN2O3S/c1-16(2)21-9-4-6-17(3)22(21)25-23(27)19-10-12-26(13-11-19)30(28,29)15-18-7-5-8-20(24)14-18/h4-9,14,16,19H,10-13,15H2,1-3H3,(H,25,27). The van der Waals surface area contributed by atoms with Crippen LogP contribution in [0, 0.1) is 12.8 Å². The summed E-state index contributed by atoms with van der Waals surface area (Å²) >= 11 is 5.97. The molecular formula is C23H29ClN2O3S. The first-order valence-corrected chi connectivity index (χ1v) is 12.3. The number of benzene rings is 2. The molecule has 5 nitrogen and oxygen atoms in total. The Hall–Kier alpha value is -1.89. The third-order valence-electron chi connectivity index (χ3n) is 5.63. The van der Waals surface area contributed by atoms with Crippen molar-refractivity contribution < 1.29 is 13.2 Å². The Labute approximate surface area is 184 Å². The summed E-state index contributed by atoms with van der Waals surface area (Å²) in [6.45, 7) is 6.91. The molecule has 1 amide bonds. The summed E-state index contributed by atoms with van der Waals surface area (Å²) in [6.07, 6.45) is 1.03. The zero-order valence-corrected chi connectivity index (χ0v) is 19.3. The van der Waals surface area contributed by atoms with E-state index in [0.29, 0.717) is 42.4 Å². The highest BCUT2D eigenvalue weighted by Gasteiger charge is 2.31. The zero-order chi connectivity index (χ0) is 21.9. The fourth-order valence-corrected chi connectivity index (χ4v) is 5.66. The van der Waals surface area contributed by atoms with Gasteiger partial charge in [0.15, 0.2) is 0 Å². The van der Waals surface area contributed by atoms with Gasteiger partial charge in [-0.05, 0) is 54.5 Å². The van der Waals surface area contributed by atoms with Crippen molar-refractivity contribution in [3.63, 3.8) is 0 Å². The molecule has 0 aliphatic carbocycles. The summed E-state index contributed by atoms with van der Waals surface area (Å²) in [7, 11) is -3.44. The van der Waals surface area contributed by atoms with Crippen molar-refractivity contribution >= 4 is 33.2 Å². The number of nitrogens with zero attached hydrogens (tertiary/aromatic N) is 1. The number of halogens is 1. The fourth-order valence-electron chi connectivity index (χ4n) is 3.89. The van der Waals surface area contributed by atoms with Crippen molar-refractivity contribution in [2.75, 3.05) is 18.4 Å². The lowest BCUT2D eigenvalue weighted by Crippen LogP contribution is -2.42. The molecule has 0 saturated carbocycles. The van der Waals surface area contributed by atoms with Crippen LogP contribution in [0.4, 0.5) is 5.69 Å². The number of carbonyl (C=O) groups excluding carboxylic acids is 1. The third kappa shape index (κ3) is 5.42. The second kappa shape index (κ2) is 9.50. The van der Waals surface area contributed by atoms with Crippen LogP contribution < -0.4 is 5.32 Å². The van der Waals surface area contributed by atoms with Gasteiger partial charge in [0, 0.05) is 29.7 Å². The van der Waals surface area contributed by atoms with Crippen molar-refractivity contribution in [3.8, 4) is 0 Å². The molecule has 162 valence electrons. The molecule has 1 heterocycles. The number of anilines is 1. The zero-order valence-electron chi connectivity index (χ0n) is 17.7. The van der Waals surface area contributed by atoms with Crippen LogP contribution in [0.3, 0.4) is 0 Å². The lowest BCUT2D eigenvalue weighted by Gasteiger charge is -2.31. The largest absolute Gasteiger partial charge is 0.325 e. The Morgan fingerprint density at radius 3 is 2.47 bits per heavy atom. The summed E-state index contributed by atoms with van der Waals surface area (Å²) in [5.41, 5.74) is 3.71. The van der Waals surface area contributed by atoms with Crippen LogP contribution in [-0.2, 0) is 20.6 Å². The molecule has 30 heavy (non-hydrogen) atoms. The van der Waals surface area contributed by atoms with E-state index >= 15 is 0 Å². The van der Waals surface area contributed by atoms with Gasteiger partial charge in [0.1, 0.15) is 0 Å². The second-order valence-electron chi connectivity index (χ2n) is 8.24. The summed E-state index contributed by atoms with van der Waals surface area (Å²) in [4.78, 5) is 12.9. The monoisotopic (exact) mass is 448 g/mol. The van der Waals surface area contributed by atoms with Crippen LogP contribution in [0.25, 0.3) is 0 Å². The number of aryl methyl sites for hydroxylation is 1. The quantitative estimate of drug-likeness (QED) is 0.679. The molecule has 1 aliphatic rings. The van der Waals surface area contributed by atoms with Crippen LogP contribution >= 0.6 is 11.6 Å². The van der Waals surface area contributed by atoms with Gasteiger partial charge in [-0.2, -0.15) is 0 Å². The van der Waals surface area contributed by atoms with E-state index in [0.717, 1.165) is 16.8 Å². The molecule has 0 bridgehead atoms. The third-order valence-corrected chi connectivity index (χ3v) is 7.72. The molecule has 0 spiro atoms. The Morgan fingerprint density at radius 1 is 1.17 bits per heavy atom. The van der Waals surface area contributed by atoms with Gasteiger partial charge >= 0.3 is 0 Å². The smallest absolute Gasteiger partial charge is 0.227 e. The summed E-state index contributed by atoms with van der Waals surface area (Å²) in [6, 6.07) is 12.9. The normalized spacial score (nSPS) is 16.0. The SMILES string of the molecule is Cc1cccc(C(C)C)c1NC(=O)C1CCN(S(=O)(=O)Cc2cccc(Cl)c2)CC1. The van der Waals surface area contributed by atoms with Crippen LogP contribution in [0.2, 0.25) is 5.02 Å². The van der Waals surface area contributed by atoms with Crippen molar-refractivity contribution in [1.29, 1.82) is 0 Å². The summed E-state index contributed by atoms with van der Waals surface area (Å²) in [5.74, 6) is 0.00442. The Kier molecular flexibility index (Phi) is 7.22. The van der Waals surface area contributed by atoms with Crippen LogP contribution in [0.1, 0.15) is 49.3 Å². The number of nitrogens with one attached hydrogen (secondary N) is 1. The predicted octanol–water partition coefficient (Wildman–Crippen LogP) is 4.95. The Balaban J connectivity index is 1.62. The average Bonchev–Trinajstić information content (AvgIpc) is 2.69. The van der Waals surface area contributed by atoms with Gasteiger partial charge in [0.05, 0.1) is 5.75 Å². The van der Waals surface area contributed by atoms with Gasteiger partial charge in [-0.3, -0.25) is 4.79 Å². The Bertz CT molecular complexity index is 1010. The summed E-state index contributed by atoms with van der Waals surface area (Å²) in [5, 5.41) is 3.63. The molecule has 1 aliphatic heterocycles. The van der Waals surface area contributed by atoms with E-state index in [2.05, 4.69) is 19.2 Å². The van der Waals surface area contributed by atoms with E-state index in [1.165, 1.54) is 4.31 Å². The molecule has 7 heteroatoms. The number of carbonyl (C=O) groups is 1. The van der Waals surface area contributed by atoms with Gasteiger partial charge < -0.3 is 5.32 Å². The number of rotatable bonds is 6. The number of sulfonamides is 1. The molecule has 1 saturated heterocycles. The van der Waals surface area contributed by atoms with Gasteiger partial charge in [0.25, 0.3) is 0 Å². The molecular weight excluding hydrogens is 420 g/mol. The van der Waals surface area contributed by atoms with E-state index in [1.54, 1.807) is 24.3 Å². The fraction of sp³-hybridized carbons (Fsp3) is 0.435. The molecule has 0 unspecified atom stereocenters. The van der Waals surface area contributed by atoms with Crippen molar-refractivity contribution in [1.82, 2.24) is 4.31 Å². The minimum absolute atomic E-state index is 0.0295. The van der Waals surface area contributed by atoms with Crippen molar-refractivity contribution in [3.05, 3.63) is 64.2 Å². The van der Waals surface area contributed by atoms with E-state index in [4.69, 9.17) is 11.6 Å². The first kappa shape index (κ1) is 22.8. The van der Waals surface area contributed by atoms with Crippen molar-refractivity contribution in [2.24, 2.45) is 5.92 Å². The molecule has 1 N–H and O–H groups in total. The highest BCUT2D eigenvalue weighted by Crippen LogP contribution is 2.29. The number of amides is 1. The maximum Gasteiger partial charge on any atom is 0.227 e. The molecule has 0 radical (unpaired) electrons. The molecule has 0 atom stereocenters.